The van der Waals surface area contributed by atoms with Crippen molar-refractivity contribution in [3.63, 3.8) is 0 Å². The molecule has 0 aromatic heterocycles. The molecule has 0 aliphatic rings. The maximum absolute atomic E-state index is 12.2. The maximum atomic E-state index is 12.2. The van der Waals surface area contributed by atoms with E-state index < -0.39 is 0 Å². The van der Waals surface area contributed by atoms with Gasteiger partial charge in [0.15, 0.2) is 6.29 Å². The summed E-state index contributed by atoms with van der Waals surface area (Å²) in [4.78, 5) is 14.6. The average Bonchev–Trinajstić information content (AvgIpc) is 3.10. The minimum atomic E-state index is -0.108. The van der Waals surface area contributed by atoms with Crippen LogP contribution >= 0.6 is 0 Å². The second kappa shape index (κ2) is 40.6. The molecular weight excluding hydrogens is 622 g/mol. The fourth-order valence-electron chi connectivity index (χ4n) is 6.21. The number of ether oxygens (including phenoxy) is 3. The van der Waals surface area contributed by atoms with Crippen LogP contribution in [0.5, 0.6) is 0 Å². The van der Waals surface area contributed by atoms with Gasteiger partial charge in [0.25, 0.3) is 0 Å². The number of aliphatic hydroxyl groups is 1. The van der Waals surface area contributed by atoms with Crippen LogP contribution in [0.1, 0.15) is 201 Å². The predicted octanol–water partition coefficient (Wildman–Crippen LogP) is 12.3. The Morgan fingerprint density at radius 3 is 1.56 bits per heavy atom. The second-order valence-corrected chi connectivity index (χ2v) is 14.5. The zero-order valence-corrected chi connectivity index (χ0v) is 33.8. The molecule has 0 spiro atoms. The third-order valence-electron chi connectivity index (χ3n) is 9.44. The lowest BCUT2D eigenvalue weighted by atomic mass is 10.1. The number of esters is 1. The summed E-state index contributed by atoms with van der Waals surface area (Å²) in [6.45, 7) is 13.3. The van der Waals surface area contributed by atoms with E-state index in [9.17, 15) is 9.90 Å². The van der Waals surface area contributed by atoms with Crippen LogP contribution < -0.4 is 0 Å². The Bertz CT molecular complexity index is 718. The molecule has 0 saturated carbocycles. The number of allylic oxidation sites excluding steroid dienone is 2. The highest BCUT2D eigenvalue weighted by molar-refractivity contribution is 5.69. The molecule has 0 rings (SSSR count). The van der Waals surface area contributed by atoms with E-state index in [4.69, 9.17) is 14.2 Å². The van der Waals surface area contributed by atoms with Crippen molar-refractivity contribution in [2.24, 2.45) is 0 Å². The van der Waals surface area contributed by atoms with Crippen molar-refractivity contribution in [3.8, 4) is 0 Å². The number of unbranched alkanes of at least 4 members (excludes halogenated alkanes) is 17. The van der Waals surface area contributed by atoms with E-state index in [0.717, 1.165) is 116 Å². The van der Waals surface area contributed by atoms with E-state index >= 15 is 0 Å². The van der Waals surface area contributed by atoms with Crippen molar-refractivity contribution >= 4 is 5.97 Å². The lowest BCUT2D eigenvalue weighted by Gasteiger charge is -2.21. The smallest absolute Gasteiger partial charge is 0.306 e. The van der Waals surface area contributed by atoms with Gasteiger partial charge in [0.1, 0.15) is 0 Å². The summed E-state index contributed by atoms with van der Waals surface area (Å²) >= 11 is 0. The molecule has 0 saturated heterocycles. The fraction of sp³-hybridized carbons (Fsp3) is 0.886. The summed E-state index contributed by atoms with van der Waals surface area (Å²) in [7, 11) is 0. The molecule has 0 aromatic carbocycles. The summed E-state index contributed by atoms with van der Waals surface area (Å²) in [6.07, 6.45) is 39.9. The largest absolute Gasteiger partial charge is 0.463 e. The van der Waals surface area contributed by atoms with Gasteiger partial charge >= 0.3 is 5.97 Å². The van der Waals surface area contributed by atoms with Crippen molar-refractivity contribution in [3.05, 3.63) is 24.3 Å². The van der Waals surface area contributed by atoms with Crippen molar-refractivity contribution < 1.29 is 24.1 Å². The highest BCUT2D eigenvalue weighted by Gasteiger charge is 2.11. The van der Waals surface area contributed by atoms with E-state index in [1.807, 2.05) is 6.92 Å². The first kappa shape index (κ1) is 48.8. The van der Waals surface area contributed by atoms with Crippen molar-refractivity contribution in [2.75, 3.05) is 39.5 Å². The van der Waals surface area contributed by atoms with E-state index in [-0.39, 0.29) is 25.0 Å². The molecular formula is C44H85NO5. The highest BCUT2D eigenvalue weighted by atomic mass is 16.7. The topological polar surface area (TPSA) is 68.2 Å². The summed E-state index contributed by atoms with van der Waals surface area (Å²) in [5.41, 5.74) is 0. The number of nitrogens with zero attached hydrogens (tertiary/aromatic N) is 1. The predicted molar refractivity (Wildman–Crippen MR) is 215 cm³/mol. The minimum absolute atomic E-state index is 0.0266. The van der Waals surface area contributed by atoms with E-state index in [1.54, 1.807) is 0 Å². The van der Waals surface area contributed by atoms with E-state index in [1.165, 1.54) is 83.5 Å². The average molecular weight is 708 g/mol. The minimum Gasteiger partial charge on any atom is -0.463 e. The lowest BCUT2D eigenvalue weighted by molar-refractivity contribution is -0.148. The van der Waals surface area contributed by atoms with Gasteiger partial charge in [-0.05, 0) is 90.6 Å². The first-order chi connectivity index (χ1) is 24.6. The summed E-state index contributed by atoms with van der Waals surface area (Å²) in [5, 5.41) is 9.59. The van der Waals surface area contributed by atoms with Gasteiger partial charge in [-0.25, -0.2) is 0 Å². The van der Waals surface area contributed by atoms with E-state index in [2.05, 4.69) is 50.0 Å². The molecule has 6 heteroatoms. The Kier molecular flexibility index (Phi) is 39.6. The standard InChI is InChI=1S/C44H85NO5/c1-5-8-11-14-17-19-26-33-42(4)50-43(47)34-27-20-18-22-29-36-45(38-39-46)37-30-23-21-28-35-44(48-40-31-24-15-12-9-6-2)49-41-32-25-16-13-10-7-3/h15-16,24-25,42,44,46H,5-14,17-23,26-41H2,1-4H3/b24-15-,25-16-. The third kappa shape index (κ3) is 36.6. The molecule has 6 nitrogen and oxygen atoms in total. The van der Waals surface area contributed by atoms with Gasteiger partial charge in [-0.1, -0.05) is 141 Å². The molecule has 0 aliphatic carbocycles. The number of hydrogen-bond donors (Lipinski definition) is 1. The normalized spacial score (nSPS) is 12.7. The Morgan fingerprint density at radius 2 is 1.02 bits per heavy atom. The summed E-state index contributed by atoms with van der Waals surface area (Å²) in [6, 6.07) is 0. The Morgan fingerprint density at radius 1 is 0.560 bits per heavy atom. The number of aliphatic hydroxyl groups excluding tert-OH is 1. The molecule has 0 heterocycles. The van der Waals surface area contributed by atoms with Gasteiger partial charge in [-0.3, -0.25) is 4.79 Å². The first-order valence-corrected chi connectivity index (χ1v) is 21.6. The third-order valence-corrected chi connectivity index (χ3v) is 9.44. The molecule has 0 fully saturated rings. The molecule has 1 atom stereocenters. The molecule has 1 N–H and O–H groups in total. The number of rotatable bonds is 40. The van der Waals surface area contributed by atoms with Crippen LogP contribution in [-0.2, 0) is 19.0 Å². The van der Waals surface area contributed by atoms with Crippen LogP contribution in [-0.4, -0.2) is 67.8 Å². The monoisotopic (exact) mass is 708 g/mol. The Balaban J connectivity index is 4.07. The zero-order chi connectivity index (χ0) is 36.6. The molecule has 50 heavy (non-hydrogen) atoms. The van der Waals surface area contributed by atoms with Gasteiger partial charge in [-0.15, -0.1) is 0 Å². The van der Waals surface area contributed by atoms with Crippen LogP contribution in [0.2, 0.25) is 0 Å². The van der Waals surface area contributed by atoms with Crippen LogP contribution in [0.4, 0.5) is 0 Å². The second-order valence-electron chi connectivity index (χ2n) is 14.5. The van der Waals surface area contributed by atoms with Crippen molar-refractivity contribution in [1.82, 2.24) is 4.90 Å². The van der Waals surface area contributed by atoms with Crippen molar-refractivity contribution in [1.29, 1.82) is 0 Å². The van der Waals surface area contributed by atoms with Crippen LogP contribution in [0.15, 0.2) is 24.3 Å². The summed E-state index contributed by atoms with van der Waals surface area (Å²) < 4.78 is 17.9. The van der Waals surface area contributed by atoms with Gasteiger partial charge in [0.2, 0.25) is 0 Å². The number of hydrogen-bond acceptors (Lipinski definition) is 6. The van der Waals surface area contributed by atoms with Gasteiger partial charge in [-0.2, -0.15) is 0 Å². The fourth-order valence-corrected chi connectivity index (χ4v) is 6.21. The SMILES string of the molecule is CCCC/C=C\CCOC(CCCCCCN(CCO)CCCCCCCC(=O)OC(C)CCCCCCCCC)OCC/C=C\CCCC. The molecule has 0 amide bonds. The summed E-state index contributed by atoms with van der Waals surface area (Å²) in [5.74, 6) is -0.0266. The zero-order valence-electron chi connectivity index (χ0n) is 33.8. The Labute approximate surface area is 311 Å². The van der Waals surface area contributed by atoms with Crippen LogP contribution in [0.3, 0.4) is 0 Å². The molecule has 0 aliphatic heterocycles. The molecule has 0 radical (unpaired) electrons. The molecule has 0 aromatic rings. The Hall–Kier alpha value is -1.21. The van der Waals surface area contributed by atoms with E-state index in [0.29, 0.717) is 6.42 Å². The number of carbonyl (C=O) groups excluding carboxylic acids is 1. The highest BCUT2D eigenvalue weighted by Crippen LogP contribution is 2.14. The van der Waals surface area contributed by atoms with Gasteiger partial charge in [0.05, 0.1) is 25.9 Å². The maximum Gasteiger partial charge on any atom is 0.306 e. The van der Waals surface area contributed by atoms with Gasteiger partial charge in [0, 0.05) is 13.0 Å². The molecule has 1 unspecified atom stereocenters. The first-order valence-electron chi connectivity index (χ1n) is 21.6. The van der Waals surface area contributed by atoms with Crippen LogP contribution in [0.25, 0.3) is 0 Å². The quantitative estimate of drug-likeness (QED) is 0.0296. The van der Waals surface area contributed by atoms with Crippen molar-refractivity contribution in [2.45, 2.75) is 213 Å². The van der Waals surface area contributed by atoms with Gasteiger partial charge < -0.3 is 24.2 Å². The molecule has 0 bridgehead atoms. The molecule has 296 valence electrons. The number of carbonyl (C=O) groups is 1. The lowest BCUT2D eigenvalue weighted by Crippen LogP contribution is -2.29. The van der Waals surface area contributed by atoms with Crippen LogP contribution in [0, 0.1) is 0 Å².